The van der Waals surface area contributed by atoms with Gasteiger partial charge in [-0.1, -0.05) is 37.3 Å². The third-order valence-electron chi connectivity index (χ3n) is 5.12. The number of nitrogens with zero attached hydrogens (tertiary/aromatic N) is 2. The molecule has 1 aliphatic rings. The molecule has 1 aromatic heterocycles. The van der Waals surface area contributed by atoms with E-state index in [0.717, 1.165) is 37.9 Å². The molecule has 0 spiro atoms. The Balaban J connectivity index is 1.72. The maximum atomic E-state index is 12.8. The third-order valence-corrected chi connectivity index (χ3v) is 5.12. The molecule has 1 atom stereocenters. The van der Waals surface area contributed by atoms with Crippen LogP contribution in [0.5, 0.6) is 0 Å². The molecule has 2 N–H and O–H groups in total. The molecule has 134 valence electrons. The van der Waals surface area contributed by atoms with Crippen LogP contribution in [0.2, 0.25) is 0 Å². The molecule has 25 heavy (non-hydrogen) atoms. The van der Waals surface area contributed by atoms with Gasteiger partial charge in [-0.15, -0.1) is 0 Å². The molecule has 1 saturated carbocycles. The van der Waals surface area contributed by atoms with Gasteiger partial charge in [0.15, 0.2) is 0 Å². The molecule has 1 aliphatic carbocycles. The van der Waals surface area contributed by atoms with Crippen LogP contribution in [-0.4, -0.2) is 32.9 Å². The molecule has 1 aromatic carbocycles. The number of aromatic nitrogens is 2. The smallest absolute Gasteiger partial charge is 0.254 e. The average Bonchev–Trinajstić information content (AvgIpc) is 2.94. The van der Waals surface area contributed by atoms with Gasteiger partial charge in [-0.25, -0.2) is 0 Å². The summed E-state index contributed by atoms with van der Waals surface area (Å²) in [4.78, 5) is 12.8. The van der Waals surface area contributed by atoms with E-state index in [4.69, 9.17) is 0 Å². The van der Waals surface area contributed by atoms with Gasteiger partial charge in [0.1, 0.15) is 0 Å². The van der Waals surface area contributed by atoms with Crippen LogP contribution in [-0.2, 0) is 13.0 Å². The van der Waals surface area contributed by atoms with Crippen molar-refractivity contribution in [2.45, 2.75) is 58.2 Å². The number of carbonyl (C=O) groups excluding carboxylic acids is 1. The molecule has 0 bridgehead atoms. The van der Waals surface area contributed by atoms with Crippen LogP contribution in [0, 0.1) is 12.8 Å². The Bertz CT molecular complexity index is 705. The Labute approximate surface area is 149 Å². The molecule has 2 aromatic rings. The van der Waals surface area contributed by atoms with Gasteiger partial charge < -0.3 is 10.4 Å². The molecule has 5 nitrogen and oxygen atoms in total. The van der Waals surface area contributed by atoms with Crippen molar-refractivity contribution >= 4 is 5.91 Å². The average molecular weight is 341 g/mol. The largest absolute Gasteiger partial charge is 0.393 e. The highest BCUT2D eigenvalue weighted by molar-refractivity contribution is 5.95. The minimum Gasteiger partial charge on any atom is -0.393 e. The molecule has 0 saturated heterocycles. The molecule has 0 radical (unpaired) electrons. The summed E-state index contributed by atoms with van der Waals surface area (Å²) in [5, 5.41) is 17.2. The Hall–Kier alpha value is -2.14. The van der Waals surface area contributed by atoms with Gasteiger partial charge in [-0.3, -0.25) is 9.48 Å². The maximum Gasteiger partial charge on any atom is 0.254 e. The lowest BCUT2D eigenvalue weighted by molar-refractivity contribution is 0.0239. The number of hydrogen-bond acceptors (Lipinski definition) is 3. The summed E-state index contributed by atoms with van der Waals surface area (Å²) in [6.07, 6.45) is 4.72. The summed E-state index contributed by atoms with van der Waals surface area (Å²) in [7, 11) is 0. The van der Waals surface area contributed by atoms with Crippen LogP contribution < -0.4 is 5.32 Å². The quantitative estimate of drug-likeness (QED) is 0.814. The van der Waals surface area contributed by atoms with Crippen molar-refractivity contribution in [3.63, 3.8) is 0 Å². The van der Waals surface area contributed by atoms with Crippen molar-refractivity contribution in [2.24, 2.45) is 5.92 Å². The number of nitrogens with one attached hydrogen (secondary N) is 1. The number of carbonyl (C=O) groups is 1. The highest BCUT2D eigenvalue weighted by atomic mass is 16.3. The zero-order chi connectivity index (χ0) is 17.8. The summed E-state index contributed by atoms with van der Waals surface area (Å²) in [6.45, 7) is 4.86. The molecular formula is C20H27N3O2. The van der Waals surface area contributed by atoms with Crippen molar-refractivity contribution < 1.29 is 9.90 Å². The maximum absolute atomic E-state index is 12.8. The third kappa shape index (κ3) is 4.10. The van der Waals surface area contributed by atoms with E-state index in [2.05, 4.69) is 29.5 Å². The minimum atomic E-state index is -0.228. The fourth-order valence-corrected chi connectivity index (χ4v) is 3.51. The van der Waals surface area contributed by atoms with E-state index in [1.165, 1.54) is 5.56 Å². The normalized spacial score (nSPS) is 20.8. The van der Waals surface area contributed by atoms with Gasteiger partial charge in [0, 0.05) is 18.3 Å². The lowest BCUT2D eigenvalue weighted by atomic mass is 9.75. The predicted molar refractivity (Wildman–Crippen MR) is 97.4 cm³/mol. The first-order chi connectivity index (χ1) is 12.1. The topological polar surface area (TPSA) is 67.2 Å². The van der Waals surface area contributed by atoms with Gasteiger partial charge >= 0.3 is 0 Å². The zero-order valence-electron chi connectivity index (χ0n) is 15.0. The first-order valence-corrected chi connectivity index (χ1v) is 9.13. The summed E-state index contributed by atoms with van der Waals surface area (Å²) in [6, 6.07) is 10.2. The molecule has 5 heteroatoms. The van der Waals surface area contributed by atoms with E-state index in [-0.39, 0.29) is 18.1 Å². The summed E-state index contributed by atoms with van der Waals surface area (Å²) >= 11 is 0. The molecule has 1 heterocycles. The number of amides is 1. The van der Waals surface area contributed by atoms with E-state index >= 15 is 0 Å². The lowest BCUT2D eigenvalue weighted by Gasteiger charge is -2.38. The number of aliphatic hydroxyl groups is 1. The zero-order valence-corrected chi connectivity index (χ0v) is 15.0. The van der Waals surface area contributed by atoms with E-state index < -0.39 is 0 Å². The van der Waals surface area contributed by atoms with E-state index in [9.17, 15) is 9.90 Å². The Morgan fingerprint density at radius 2 is 2.08 bits per heavy atom. The number of benzene rings is 1. The molecular weight excluding hydrogens is 314 g/mol. The molecule has 0 unspecified atom stereocenters. The van der Waals surface area contributed by atoms with E-state index in [1.807, 2.05) is 29.8 Å². The standard InChI is InChI=1S/C20H27N3O2/c1-3-9-23-14(2)18(13-21-23)20(25)22-19(16-11-17(24)12-16)10-15-7-5-4-6-8-15/h4-8,13,16-17,19,24H,3,9-12H2,1-2H3,(H,22,25)/t16?,17?,19-/m1/s1. The van der Waals surface area contributed by atoms with Gasteiger partial charge in [0.2, 0.25) is 0 Å². The molecule has 1 amide bonds. The summed E-state index contributed by atoms with van der Waals surface area (Å²) in [5.41, 5.74) is 2.76. The minimum absolute atomic E-state index is 0.0345. The van der Waals surface area contributed by atoms with Crippen LogP contribution in [0.3, 0.4) is 0 Å². The monoisotopic (exact) mass is 341 g/mol. The number of aliphatic hydroxyl groups excluding tert-OH is 1. The SMILES string of the molecule is CCCn1ncc(C(=O)N[C@H](Cc2ccccc2)C2CC(O)C2)c1C. The van der Waals surface area contributed by atoms with Crippen molar-refractivity contribution in [3.05, 3.63) is 53.3 Å². The second-order valence-electron chi connectivity index (χ2n) is 7.02. The van der Waals surface area contributed by atoms with Crippen molar-refractivity contribution in [1.29, 1.82) is 0 Å². The highest BCUT2D eigenvalue weighted by Gasteiger charge is 2.35. The molecule has 1 fully saturated rings. The molecule has 3 rings (SSSR count). The van der Waals surface area contributed by atoms with E-state index in [1.54, 1.807) is 6.20 Å². The van der Waals surface area contributed by atoms with Crippen molar-refractivity contribution in [1.82, 2.24) is 15.1 Å². The number of hydrogen-bond donors (Lipinski definition) is 2. The van der Waals surface area contributed by atoms with Crippen LogP contribution in [0.1, 0.15) is 47.8 Å². The van der Waals surface area contributed by atoms with Crippen LogP contribution in [0.25, 0.3) is 0 Å². The van der Waals surface area contributed by atoms with Crippen LogP contribution in [0.4, 0.5) is 0 Å². The summed E-state index contributed by atoms with van der Waals surface area (Å²) < 4.78 is 1.88. The Morgan fingerprint density at radius 1 is 1.36 bits per heavy atom. The first kappa shape index (κ1) is 17.7. The Morgan fingerprint density at radius 3 is 2.72 bits per heavy atom. The fraction of sp³-hybridized carbons (Fsp3) is 0.500. The van der Waals surface area contributed by atoms with Gasteiger partial charge in [0.25, 0.3) is 5.91 Å². The second kappa shape index (κ2) is 7.83. The highest BCUT2D eigenvalue weighted by Crippen LogP contribution is 2.32. The Kier molecular flexibility index (Phi) is 5.53. The predicted octanol–water partition coefficient (Wildman–Crippen LogP) is 2.71. The van der Waals surface area contributed by atoms with Gasteiger partial charge in [-0.05, 0) is 44.1 Å². The number of aryl methyl sites for hydroxylation is 1. The first-order valence-electron chi connectivity index (χ1n) is 9.13. The second-order valence-corrected chi connectivity index (χ2v) is 7.02. The number of rotatable bonds is 7. The molecule has 0 aliphatic heterocycles. The van der Waals surface area contributed by atoms with Crippen LogP contribution >= 0.6 is 0 Å². The fourth-order valence-electron chi connectivity index (χ4n) is 3.51. The van der Waals surface area contributed by atoms with Crippen LogP contribution in [0.15, 0.2) is 36.5 Å². The van der Waals surface area contributed by atoms with Crippen molar-refractivity contribution in [3.8, 4) is 0 Å². The van der Waals surface area contributed by atoms with Gasteiger partial charge in [0.05, 0.1) is 17.9 Å². The van der Waals surface area contributed by atoms with E-state index in [0.29, 0.717) is 11.5 Å². The lowest BCUT2D eigenvalue weighted by Crippen LogP contribution is -2.48. The summed E-state index contributed by atoms with van der Waals surface area (Å²) in [5.74, 6) is 0.257. The van der Waals surface area contributed by atoms with Gasteiger partial charge in [-0.2, -0.15) is 5.10 Å². The van der Waals surface area contributed by atoms with Crippen molar-refractivity contribution in [2.75, 3.05) is 0 Å².